The van der Waals surface area contributed by atoms with E-state index in [0.29, 0.717) is 17.4 Å². The van der Waals surface area contributed by atoms with Crippen molar-refractivity contribution < 1.29 is 24.5 Å². The van der Waals surface area contributed by atoms with Crippen LogP contribution in [0.25, 0.3) is 0 Å². The number of aliphatic carboxylic acids is 2. The van der Waals surface area contributed by atoms with Crippen molar-refractivity contribution in [3.63, 3.8) is 0 Å². The highest BCUT2D eigenvalue weighted by atomic mass is 35.5. The van der Waals surface area contributed by atoms with Crippen molar-refractivity contribution in [2.24, 2.45) is 5.73 Å². The molecule has 94 valence electrons. The molecule has 0 atom stereocenters. The molecule has 0 saturated heterocycles. The van der Waals surface area contributed by atoms with Crippen molar-refractivity contribution in [1.82, 2.24) is 4.98 Å². The molecular formula is C9H11ClN2O5. The highest BCUT2D eigenvalue weighted by Gasteiger charge is 2.04. The van der Waals surface area contributed by atoms with Gasteiger partial charge in [-0.05, 0) is 11.6 Å². The molecule has 17 heavy (non-hydrogen) atoms. The van der Waals surface area contributed by atoms with Crippen LogP contribution in [-0.4, -0.2) is 34.2 Å². The topological polar surface area (TPSA) is 123 Å². The first-order valence-corrected chi connectivity index (χ1v) is 4.64. The van der Waals surface area contributed by atoms with E-state index in [9.17, 15) is 0 Å². The zero-order valence-electron chi connectivity index (χ0n) is 8.88. The summed E-state index contributed by atoms with van der Waals surface area (Å²) in [6.45, 7) is 0.441. The Morgan fingerprint density at radius 2 is 2.00 bits per heavy atom. The standard InChI is InChI=1S/C7H9ClN2O.C2H2O4/c1-11-7-6(8)2-5(3-9)4-10-7;3-1(4)2(5)6/h2,4H,3,9H2,1H3;(H,3,4)(H,5,6). The molecule has 1 aromatic rings. The average Bonchev–Trinajstić information content (AvgIpc) is 2.29. The molecule has 0 aromatic carbocycles. The Kier molecular flexibility index (Phi) is 6.61. The Hall–Kier alpha value is -1.86. The van der Waals surface area contributed by atoms with Crippen LogP contribution in [0.4, 0.5) is 0 Å². The van der Waals surface area contributed by atoms with E-state index < -0.39 is 11.9 Å². The number of halogens is 1. The largest absolute Gasteiger partial charge is 0.480 e. The number of hydrogen-bond donors (Lipinski definition) is 3. The number of methoxy groups -OCH3 is 1. The van der Waals surface area contributed by atoms with Gasteiger partial charge in [-0.2, -0.15) is 0 Å². The summed E-state index contributed by atoms with van der Waals surface area (Å²) in [6, 6.07) is 1.74. The number of aromatic nitrogens is 1. The first-order valence-electron chi connectivity index (χ1n) is 4.27. The molecule has 0 radical (unpaired) electrons. The van der Waals surface area contributed by atoms with Gasteiger partial charge in [0.25, 0.3) is 0 Å². The molecule has 1 heterocycles. The Labute approximate surface area is 102 Å². The van der Waals surface area contributed by atoms with Gasteiger partial charge in [-0.3, -0.25) is 0 Å². The monoisotopic (exact) mass is 262 g/mol. The lowest BCUT2D eigenvalue weighted by Gasteiger charge is -2.01. The van der Waals surface area contributed by atoms with Gasteiger partial charge in [0.2, 0.25) is 5.88 Å². The molecule has 1 aromatic heterocycles. The summed E-state index contributed by atoms with van der Waals surface area (Å²) in [5, 5.41) is 15.3. The van der Waals surface area contributed by atoms with Gasteiger partial charge in [-0.1, -0.05) is 11.6 Å². The Bertz CT molecular complexity index is 398. The lowest BCUT2D eigenvalue weighted by molar-refractivity contribution is -0.159. The maximum Gasteiger partial charge on any atom is 0.414 e. The van der Waals surface area contributed by atoms with Crippen LogP contribution >= 0.6 is 11.6 Å². The molecule has 8 heteroatoms. The van der Waals surface area contributed by atoms with Gasteiger partial charge >= 0.3 is 11.9 Å². The number of carbonyl (C=O) groups is 2. The highest BCUT2D eigenvalue weighted by molar-refractivity contribution is 6.31. The zero-order chi connectivity index (χ0) is 13.4. The minimum Gasteiger partial charge on any atom is -0.480 e. The first kappa shape index (κ1) is 15.1. The molecule has 0 aliphatic carbocycles. The number of carboxylic acid groups (broad SMARTS) is 2. The SMILES string of the molecule is COc1ncc(CN)cc1Cl.O=C(O)C(=O)O. The quantitative estimate of drug-likeness (QED) is 0.657. The van der Waals surface area contributed by atoms with Crippen molar-refractivity contribution >= 4 is 23.5 Å². The van der Waals surface area contributed by atoms with E-state index in [1.807, 2.05) is 0 Å². The van der Waals surface area contributed by atoms with Crippen LogP contribution in [0.2, 0.25) is 5.02 Å². The van der Waals surface area contributed by atoms with Crippen molar-refractivity contribution in [1.29, 1.82) is 0 Å². The Balaban J connectivity index is 0.000000366. The number of rotatable bonds is 2. The molecule has 7 nitrogen and oxygen atoms in total. The second-order valence-corrected chi connectivity index (χ2v) is 3.06. The second kappa shape index (κ2) is 7.42. The van der Waals surface area contributed by atoms with Crippen LogP contribution in [0.1, 0.15) is 5.56 Å². The summed E-state index contributed by atoms with van der Waals surface area (Å²) in [5.74, 6) is -3.21. The molecule has 1 rings (SSSR count). The third kappa shape index (κ3) is 5.69. The molecule has 0 spiro atoms. The molecular weight excluding hydrogens is 252 g/mol. The maximum absolute atomic E-state index is 9.10. The zero-order valence-corrected chi connectivity index (χ0v) is 9.64. The fraction of sp³-hybridized carbons (Fsp3) is 0.222. The van der Waals surface area contributed by atoms with Crippen molar-refractivity contribution in [2.45, 2.75) is 6.54 Å². The number of nitrogens with two attached hydrogens (primary N) is 1. The minimum absolute atomic E-state index is 0.434. The predicted molar refractivity (Wildman–Crippen MR) is 59.0 cm³/mol. The first-order chi connectivity index (χ1) is 7.92. The summed E-state index contributed by atoms with van der Waals surface area (Å²) in [5.41, 5.74) is 6.27. The summed E-state index contributed by atoms with van der Waals surface area (Å²) < 4.78 is 4.86. The summed E-state index contributed by atoms with van der Waals surface area (Å²) in [6.07, 6.45) is 1.64. The van der Waals surface area contributed by atoms with Gasteiger partial charge in [0.05, 0.1) is 7.11 Å². The van der Waals surface area contributed by atoms with Gasteiger partial charge in [0.15, 0.2) is 0 Å². The van der Waals surface area contributed by atoms with Gasteiger partial charge in [-0.15, -0.1) is 0 Å². The van der Waals surface area contributed by atoms with E-state index in [4.69, 9.17) is 41.9 Å². The van der Waals surface area contributed by atoms with Gasteiger partial charge in [0.1, 0.15) is 5.02 Å². The number of hydrogen-bond acceptors (Lipinski definition) is 5. The van der Waals surface area contributed by atoms with E-state index in [0.717, 1.165) is 5.56 Å². The summed E-state index contributed by atoms with van der Waals surface area (Å²) in [7, 11) is 1.52. The molecule has 0 fully saturated rings. The molecule has 0 aliphatic heterocycles. The van der Waals surface area contributed by atoms with Crippen LogP contribution in [0.5, 0.6) is 5.88 Å². The van der Waals surface area contributed by atoms with Gasteiger partial charge in [0, 0.05) is 12.7 Å². The fourth-order valence-electron chi connectivity index (χ4n) is 0.727. The third-order valence-electron chi connectivity index (χ3n) is 1.48. The van der Waals surface area contributed by atoms with Crippen LogP contribution in [0.3, 0.4) is 0 Å². The van der Waals surface area contributed by atoms with Gasteiger partial charge in [-0.25, -0.2) is 14.6 Å². The summed E-state index contributed by atoms with van der Waals surface area (Å²) in [4.78, 5) is 22.1. The van der Waals surface area contributed by atoms with Crippen LogP contribution in [0, 0.1) is 0 Å². The lowest BCUT2D eigenvalue weighted by atomic mass is 10.3. The normalized spacial score (nSPS) is 8.88. The van der Waals surface area contributed by atoms with Crippen molar-refractivity contribution in [2.75, 3.05) is 7.11 Å². The molecule has 0 unspecified atom stereocenters. The predicted octanol–water partition coefficient (Wildman–Crippen LogP) is 0.358. The lowest BCUT2D eigenvalue weighted by Crippen LogP contribution is -2.09. The van der Waals surface area contributed by atoms with E-state index in [2.05, 4.69) is 4.98 Å². The molecule has 0 aliphatic rings. The Morgan fingerprint density at radius 1 is 1.47 bits per heavy atom. The highest BCUT2D eigenvalue weighted by Crippen LogP contribution is 2.21. The van der Waals surface area contributed by atoms with E-state index in [1.54, 1.807) is 12.3 Å². The maximum atomic E-state index is 9.10. The van der Waals surface area contributed by atoms with E-state index in [-0.39, 0.29) is 0 Å². The smallest absolute Gasteiger partial charge is 0.414 e. The van der Waals surface area contributed by atoms with Crippen LogP contribution < -0.4 is 10.5 Å². The number of ether oxygens (including phenoxy) is 1. The number of pyridine rings is 1. The van der Waals surface area contributed by atoms with E-state index >= 15 is 0 Å². The van der Waals surface area contributed by atoms with Gasteiger partial charge < -0.3 is 20.7 Å². The number of nitrogens with zero attached hydrogens (tertiary/aromatic N) is 1. The average molecular weight is 263 g/mol. The second-order valence-electron chi connectivity index (χ2n) is 2.65. The number of carboxylic acids is 2. The molecule has 4 N–H and O–H groups in total. The minimum atomic E-state index is -1.82. The molecule has 0 saturated carbocycles. The van der Waals surface area contributed by atoms with E-state index in [1.165, 1.54) is 7.11 Å². The van der Waals surface area contributed by atoms with Crippen LogP contribution in [-0.2, 0) is 16.1 Å². The summed E-state index contributed by atoms with van der Waals surface area (Å²) >= 11 is 5.77. The van der Waals surface area contributed by atoms with Crippen LogP contribution in [0.15, 0.2) is 12.3 Å². The fourth-order valence-corrected chi connectivity index (χ4v) is 0.993. The molecule has 0 bridgehead atoms. The van der Waals surface area contributed by atoms with Crippen molar-refractivity contribution in [3.05, 3.63) is 22.8 Å². The molecule has 0 amide bonds. The van der Waals surface area contributed by atoms with Crippen molar-refractivity contribution in [3.8, 4) is 5.88 Å². The Morgan fingerprint density at radius 3 is 2.29 bits per heavy atom. The third-order valence-corrected chi connectivity index (χ3v) is 1.75.